The van der Waals surface area contributed by atoms with Gasteiger partial charge in [-0.15, -0.1) is 0 Å². The van der Waals surface area contributed by atoms with Crippen molar-refractivity contribution in [3.63, 3.8) is 0 Å². The quantitative estimate of drug-likeness (QED) is 0.804. The molecule has 5 heteroatoms. The summed E-state index contributed by atoms with van der Waals surface area (Å²) in [5.41, 5.74) is -0.0662. The van der Waals surface area contributed by atoms with Crippen LogP contribution in [0.15, 0.2) is 6.07 Å². The van der Waals surface area contributed by atoms with E-state index < -0.39 is 11.9 Å². The van der Waals surface area contributed by atoms with Gasteiger partial charge in [0.25, 0.3) is 0 Å². The van der Waals surface area contributed by atoms with Gasteiger partial charge in [0.05, 0.1) is 18.2 Å². The largest absolute Gasteiger partial charge is 0.504 e. The van der Waals surface area contributed by atoms with Gasteiger partial charge in [-0.1, -0.05) is 11.6 Å². The molecule has 3 nitrogen and oxygen atoms in total. The van der Waals surface area contributed by atoms with Crippen molar-refractivity contribution in [2.75, 3.05) is 7.11 Å². The molecule has 0 saturated carbocycles. The lowest BCUT2D eigenvalue weighted by Gasteiger charge is -2.13. The molecule has 0 radical (unpaired) electrons. The average molecular weight is 221 g/mol. The van der Waals surface area contributed by atoms with E-state index in [2.05, 4.69) is 0 Å². The van der Waals surface area contributed by atoms with E-state index in [-0.39, 0.29) is 22.1 Å². The van der Waals surface area contributed by atoms with Gasteiger partial charge < -0.3 is 14.9 Å². The molecule has 1 aromatic rings. The van der Waals surface area contributed by atoms with Gasteiger partial charge >= 0.3 is 0 Å². The number of halogens is 2. The number of methoxy groups -OCH3 is 1. The Morgan fingerprint density at radius 2 is 2.14 bits per heavy atom. The van der Waals surface area contributed by atoms with Crippen molar-refractivity contribution in [3.05, 3.63) is 22.5 Å². The maximum absolute atomic E-state index is 13.1. The highest BCUT2D eigenvalue weighted by Gasteiger charge is 2.20. The van der Waals surface area contributed by atoms with Crippen LogP contribution >= 0.6 is 11.6 Å². The predicted molar refractivity (Wildman–Crippen MR) is 50.3 cm³/mol. The van der Waals surface area contributed by atoms with Gasteiger partial charge in [0.15, 0.2) is 11.5 Å². The third-order valence-corrected chi connectivity index (χ3v) is 2.21. The Balaban J connectivity index is 3.45. The number of phenols is 1. The Morgan fingerprint density at radius 3 is 2.57 bits per heavy atom. The van der Waals surface area contributed by atoms with Crippen molar-refractivity contribution in [1.82, 2.24) is 0 Å². The smallest absolute Gasteiger partial charge is 0.165 e. The van der Waals surface area contributed by atoms with Crippen molar-refractivity contribution in [3.8, 4) is 11.5 Å². The molecule has 14 heavy (non-hydrogen) atoms. The van der Waals surface area contributed by atoms with Crippen molar-refractivity contribution in [1.29, 1.82) is 0 Å². The van der Waals surface area contributed by atoms with Crippen LogP contribution < -0.4 is 4.74 Å². The highest BCUT2D eigenvalue weighted by atomic mass is 35.5. The molecule has 78 valence electrons. The van der Waals surface area contributed by atoms with E-state index in [9.17, 15) is 14.6 Å². The van der Waals surface area contributed by atoms with E-state index in [1.165, 1.54) is 14.0 Å². The van der Waals surface area contributed by atoms with Crippen LogP contribution in [-0.4, -0.2) is 17.3 Å². The third kappa shape index (κ3) is 1.76. The van der Waals surface area contributed by atoms with Crippen LogP contribution in [-0.2, 0) is 0 Å². The van der Waals surface area contributed by atoms with Crippen LogP contribution in [0, 0.1) is 5.82 Å². The van der Waals surface area contributed by atoms with Crippen LogP contribution in [0.5, 0.6) is 11.5 Å². The summed E-state index contributed by atoms with van der Waals surface area (Å²) in [5, 5.41) is 18.5. The van der Waals surface area contributed by atoms with Gasteiger partial charge in [0, 0.05) is 11.6 Å². The number of ether oxygens (including phenoxy) is 1. The summed E-state index contributed by atoms with van der Waals surface area (Å²) >= 11 is 5.57. The van der Waals surface area contributed by atoms with Crippen molar-refractivity contribution in [2.45, 2.75) is 13.0 Å². The third-order valence-electron chi connectivity index (χ3n) is 1.83. The molecule has 0 aliphatic heterocycles. The number of benzene rings is 1. The molecule has 0 aliphatic rings. The number of aliphatic hydroxyl groups excluding tert-OH is 1. The summed E-state index contributed by atoms with van der Waals surface area (Å²) in [6.45, 7) is 1.37. The molecule has 0 bridgehead atoms. The normalized spacial score (nSPS) is 12.6. The lowest BCUT2D eigenvalue weighted by molar-refractivity contribution is 0.193. The minimum atomic E-state index is -1.06. The molecule has 1 unspecified atom stereocenters. The van der Waals surface area contributed by atoms with Gasteiger partial charge in [-0.05, 0) is 6.92 Å². The average Bonchev–Trinajstić information content (AvgIpc) is 2.11. The monoisotopic (exact) mass is 220 g/mol. The van der Waals surface area contributed by atoms with Crippen molar-refractivity contribution in [2.24, 2.45) is 0 Å². The highest BCUT2D eigenvalue weighted by Crippen LogP contribution is 2.40. The van der Waals surface area contributed by atoms with Crippen LogP contribution in [0.3, 0.4) is 0 Å². The fourth-order valence-electron chi connectivity index (χ4n) is 1.15. The predicted octanol–water partition coefficient (Wildman–Crippen LogP) is 2.25. The molecule has 2 N–H and O–H groups in total. The van der Waals surface area contributed by atoms with Gasteiger partial charge in [-0.2, -0.15) is 0 Å². The highest BCUT2D eigenvalue weighted by molar-refractivity contribution is 6.31. The molecule has 1 aromatic carbocycles. The summed E-state index contributed by atoms with van der Waals surface area (Å²) in [6, 6.07) is 0.962. The first-order valence-electron chi connectivity index (χ1n) is 3.92. The molecule has 0 spiro atoms. The molecular weight excluding hydrogens is 211 g/mol. The fraction of sp³-hybridized carbons (Fsp3) is 0.333. The van der Waals surface area contributed by atoms with Gasteiger partial charge in [-0.25, -0.2) is 4.39 Å². The lowest BCUT2D eigenvalue weighted by atomic mass is 10.1. The minimum absolute atomic E-state index is 0.0530. The molecule has 0 heterocycles. The SMILES string of the molecule is COc1cc(F)c(Cl)c(C(C)O)c1O. The van der Waals surface area contributed by atoms with E-state index >= 15 is 0 Å². The first kappa shape index (κ1) is 11.1. The second-order valence-electron chi connectivity index (χ2n) is 2.81. The van der Waals surface area contributed by atoms with Crippen molar-refractivity contribution >= 4 is 11.6 Å². The fourth-order valence-corrected chi connectivity index (χ4v) is 1.45. The first-order valence-corrected chi connectivity index (χ1v) is 4.29. The van der Waals surface area contributed by atoms with Crippen LogP contribution in [0.1, 0.15) is 18.6 Å². The topological polar surface area (TPSA) is 49.7 Å². The molecule has 1 rings (SSSR count). The Labute approximate surface area is 85.7 Å². The van der Waals surface area contributed by atoms with Crippen LogP contribution in [0.2, 0.25) is 5.02 Å². The molecule has 0 aliphatic carbocycles. The molecule has 0 saturated heterocycles. The summed E-state index contributed by atoms with van der Waals surface area (Å²) in [5.74, 6) is -1.13. The molecule has 1 atom stereocenters. The van der Waals surface area contributed by atoms with Gasteiger partial charge in [0.2, 0.25) is 0 Å². The number of hydrogen-bond acceptors (Lipinski definition) is 3. The van der Waals surface area contributed by atoms with E-state index in [4.69, 9.17) is 16.3 Å². The zero-order valence-corrected chi connectivity index (χ0v) is 8.47. The number of aliphatic hydroxyl groups is 1. The van der Waals surface area contributed by atoms with E-state index in [0.29, 0.717) is 0 Å². The Hall–Kier alpha value is -1.00. The number of phenolic OH excluding ortho intramolecular Hbond substituents is 1. The minimum Gasteiger partial charge on any atom is -0.504 e. The second-order valence-corrected chi connectivity index (χ2v) is 3.19. The van der Waals surface area contributed by atoms with E-state index in [1.807, 2.05) is 0 Å². The maximum atomic E-state index is 13.1. The number of hydrogen-bond donors (Lipinski definition) is 2. The van der Waals surface area contributed by atoms with E-state index in [0.717, 1.165) is 6.07 Å². The number of rotatable bonds is 2. The molecule has 0 amide bonds. The summed E-state index contributed by atoms with van der Waals surface area (Å²) in [6.07, 6.45) is -1.06. The maximum Gasteiger partial charge on any atom is 0.165 e. The molecule has 0 fully saturated rings. The zero-order valence-electron chi connectivity index (χ0n) is 7.71. The summed E-state index contributed by atoms with van der Waals surface area (Å²) in [7, 11) is 1.29. The second kappa shape index (κ2) is 4.02. The lowest BCUT2D eigenvalue weighted by Crippen LogP contribution is -1.98. The summed E-state index contributed by atoms with van der Waals surface area (Å²) in [4.78, 5) is 0. The van der Waals surface area contributed by atoms with E-state index in [1.54, 1.807) is 0 Å². The number of aromatic hydroxyl groups is 1. The Kier molecular flexibility index (Phi) is 3.18. The van der Waals surface area contributed by atoms with Gasteiger partial charge in [0.1, 0.15) is 5.82 Å². The van der Waals surface area contributed by atoms with Crippen LogP contribution in [0.4, 0.5) is 4.39 Å². The molecule has 0 aromatic heterocycles. The zero-order chi connectivity index (χ0) is 10.9. The Morgan fingerprint density at radius 1 is 1.57 bits per heavy atom. The van der Waals surface area contributed by atoms with Crippen LogP contribution in [0.25, 0.3) is 0 Å². The molecular formula is C9H10ClFO3. The van der Waals surface area contributed by atoms with Crippen molar-refractivity contribution < 1.29 is 19.3 Å². The first-order chi connectivity index (χ1) is 6.49. The standard InChI is InChI=1S/C9H10ClFO3/c1-4(12)7-8(10)5(11)3-6(14-2)9(7)13/h3-4,12-13H,1-2H3. The van der Waals surface area contributed by atoms with Gasteiger partial charge in [-0.3, -0.25) is 0 Å². The summed E-state index contributed by atoms with van der Waals surface area (Å²) < 4.78 is 17.8. The Bertz CT molecular complexity index is 352.